The molecule has 7 heteroatoms. The Bertz CT molecular complexity index is 817. The van der Waals surface area contributed by atoms with Gasteiger partial charge in [-0.1, -0.05) is 47.7 Å². The van der Waals surface area contributed by atoms with Crippen molar-refractivity contribution in [2.75, 3.05) is 5.32 Å². The number of hydrogen-bond donors (Lipinski definition) is 1. The molecule has 3 aromatic rings. The van der Waals surface area contributed by atoms with E-state index in [0.29, 0.717) is 5.16 Å². The zero-order valence-corrected chi connectivity index (χ0v) is 14.2. The topological polar surface area (TPSA) is 72.7 Å². The second kappa shape index (κ2) is 7.27. The average molecular weight is 339 g/mol. The van der Waals surface area contributed by atoms with Crippen molar-refractivity contribution in [2.45, 2.75) is 24.3 Å². The van der Waals surface area contributed by atoms with Gasteiger partial charge in [-0.25, -0.2) is 0 Å². The number of benzene rings is 2. The van der Waals surface area contributed by atoms with Crippen LogP contribution >= 0.6 is 11.8 Å². The monoisotopic (exact) mass is 339 g/mol. The van der Waals surface area contributed by atoms with E-state index in [1.165, 1.54) is 11.8 Å². The molecule has 0 spiro atoms. The van der Waals surface area contributed by atoms with Crippen molar-refractivity contribution in [1.82, 2.24) is 20.2 Å². The van der Waals surface area contributed by atoms with E-state index in [1.54, 1.807) is 4.68 Å². The lowest BCUT2D eigenvalue weighted by molar-refractivity contribution is -0.115. The van der Waals surface area contributed by atoms with Crippen molar-refractivity contribution in [1.29, 1.82) is 0 Å². The number of amides is 1. The number of aromatic nitrogens is 4. The normalized spacial score (nSPS) is 11.9. The second-order valence-corrected chi connectivity index (χ2v) is 6.63. The minimum absolute atomic E-state index is 0.0912. The zero-order valence-electron chi connectivity index (χ0n) is 13.4. The molecular formula is C17H17N5OS. The molecule has 1 aromatic heterocycles. The fourth-order valence-corrected chi connectivity index (χ4v) is 2.88. The van der Waals surface area contributed by atoms with Crippen LogP contribution in [0, 0.1) is 6.92 Å². The Balaban J connectivity index is 1.69. The minimum Gasteiger partial charge on any atom is -0.325 e. The lowest BCUT2D eigenvalue weighted by Gasteiger charge is -2.12. The van der Waals surface area contributed by atoms with Gasteiger partial charge in [0.15, 0.2) is 0 Å². The van der Waals surface area contributed by atoms with Gasteiger partial charge in [0.25, 0.3) is 0 Å². The first-order chi connectivity index (χ1) is 11.6. The van der Waals surface area contributed by atoms with E-state index in [4.69, 9.17) is 0 Å². The summed E-state index contributed by atoms with van der Waals surface area (Å²) in [6.07, 6.45) is 0. The van der Waals surface area contributed by atoms with Crippen LogP contribution in [0.5, 0.6) is 0 Å². The number of anilines is 1. The summed E-state index contributed by atoms with van der Waals surface area (Å²) < 4.78 is 1.63. The van der Waals surface area contributed by atoms with Crippen LogP contribution in [0.2, 0.25) is 0 Å². The summed E-state index contributed by atoms with van der Waals surface area (Å²) in [5.74, 6) is -0.0912. The molecule has 0 aliphatic rings. The molecule has 6 nitrogen and oxygen atoms in total. The highest BCUT2D eigenvalue weighted by molar-refractivity contribution is 8.00. The molecule has 0 unspecified atom stereocenters. The third kappa shape index (κ3) is 3.80. The van der Waals surface area contributed by atoms with Crippen LogP contribution in [0.3, 0.4) is 0 Å². The number of carbonyl (C=O) groups is 1. The Labute approximate surface area is 144 Å². The molecule has 1 amide bonds. The summed E-state index contributed by atoms with van der Waals surface area (Å²) in [4.78, 5) is 12.4. The summed E-state index contributed by atoms with van der Waals surface area (Å²) in [6.45, 7) is 3.84. The van der Waals surface area contributed by atoms with Crippen LogP contribution < -0.4 is 5.32 Å². The van der Waals surface area contributed by atoms with E-state index >= 15 is 0 Å². The number of nitrogens with one attached hydrogen (secondary N) is 1. The second-order valence-electron chi connectivity index (χ2n) is 5.32. The van der Waals surface area contributed by atoms with Crippen LogP contribution in [0.4, 0.5) is 5.69 Å². The van der Waals surface area contributed by atoms with E-state index in [0.717, 1.165) is 16.9 Å². The van der Waals surface area contributed by atoms with Crippen molar-refractivity contribution in [3.8, 4) is 5.69 Å². The van der Waals surface area contributed by atoms with Gasteiger partial charge in [0.1, 0.15) is 0 Å². The number of para-hydroxylation sites is 1. The molecule has 0 fully saturated rings. The Kier molecular flexibility index (Phi) is 4.90. The number of aryl methyl sites for hydroxylation is 1. The highest BCUT2D eigenvalue weighted by atomic mass is 32.2. The third-order valence-electron chi connectivity index (χ3n) is 3.41. The smallest absolute Gasteiger partial charge is 0.237 e. The summed E-state index contributed by atoms with van der Waals surface area (Å²) >= 11 is 1.32. The minimum atomic E-state index is -0.334. The summed E-state index contributed by atoms with van der Waals surface area (Å²) in [7, 11) is 0. The van der Waals surface area contributed by atoms with E-state index in [-0.39, 0.29) is 11.2 Å². The van der Waals surface area contributed by atoms with E-state index in [1.807, 2.05) is 68.4 Å². The van der Waals surface area contributed by atoms with Crippen molar-refractivity contribution in [3.63, 3.8) is 0 Å². The number of carbonyl (C=O) groups excluding carboxylic acids is 1. The standard InChI is InChI=1S/C17H17N5OS/c1-12-8-10-14(11-9-12)18-16(23)13(2)24-17-19-20-21-22(17)15-6-4-3-5-7-15/h3-11,13H,1-2H3,(H,18,23)/t13-/m0/s1. The fourth-order valence-electron chi connectivity index (χ4n) is 2.08. The van der Waals surface area contributed by atoms with Crippen molar-refractivity contribution in [3.05, 3.63) is 60.2 Å². The van der Waals surface area contributed by atoms with Gasteiger partial charge < -0.3 is 5.32 Å². The van der Waals surface area contributed by atoms with Gasteiger partial charge in [0.05, 0.1) is 10.9 Å². The van der Waals surface area contributed by atoms with Gasteiger partial charge in [-0.3, -0.25) is 4.79 Å². The molecule has 2 aromatic carbocycles. The molecule has 0 bridgehead atoms. The molecule has 1 atom stereocenters. The number of rotatable bonds is 5. The quantitative estimate of drug-likeness (QED) is 0.723. The van der Waals surface area contributed by atoms with Gasteiger partial charge in [-0.2, -0.15) is 4.68 Å². The van der Waals surface area contributed by atoms with Crippen LogP contribution in [0.25, 0.3) is 5.69 Å². The largest absolute Gasteiger partial charge is 0.325 e. The van der Waals surface area contributed by atoms with Gasteiger partial charge in [-0.15, -0.1) is 5.10 Å². The SMILES string of the molecule is Cc1ccc(NC(=O)[C@H](C)Sc2nnnn2-c2ccccc2)cc1. The van der Waals surface area contributed by atoms with Gasteiger partial charge in [0.2, 0.25) is 11.1 Å². The van der Waals surface area contributed by atoms with Crippen LogP contribution in [-0.2, 0) is 4.79 Å². The summed E-state index contributed by atoms with van der Waals surface area (Å²) in [6, 6.07) is 17.3. The number of thioether (sulfide) groups is 1. The molecule has 0 radical (unpaired) electrons. The van der Waals surface area contributed by atoms with Crippen molar-refractivity contribution in [2.24, 2.45) is 0 Å². The first-order valence-electron chi connectivity index (χ1n) is 7.51. The van der Waals surface area contributed by atoms with Crippen LogP contribution in [-0.4, -0.2) is 31.4 Å². The number of hydrogen-bond acceptors (Lipinski definition) is 5. The molecule has 24 heavy (non-hydrogen) atoms. The number of tetrazole rings is 1. The maximum absolute atomic E-state index is 12.4. The zero-order chi connectivity index (χ0) is 16.9. The maximum atomic E-state index is 12.4. The Morgan fingerprint density at radius 1 is 1.12 bits per heavy atom. The first-order valence-corrected chi connectivity index (χ1v) is 8.39. The van der Waals surface area contributed by atoms with Gasteiger partial charge >= 0.3 is 0 Å². The highest BCUT2D eigenvalue weighted by Crippen LogP contribution is 2.23. The number of nitrogens with zero attached hydrogens (tertiary/aromatic N) is 4. The lowest BCUT2D eigenvalue weighted by atomic mass is 10.2. The third-order valence-corrected chi connectivity index (χ3v) is 4.45. The predicted molar refractivity (Wildman–Crippen MR) is 94.3 cm³/mol. The molecular weight excluding hydrogens is 322 g/mol. The van der Waals surface area contributed by atoms with E-state index < -0.39 is 0 Å². The molecule has 1 heterocycles. The molecule has 122 valence electrons. The molecule has 0 saturated heterocycles. The van der Waals surface area contributed by atoms with Gasteiger partial charge in [-0.05, 0) is 48.5 Å². The Morgan fingerprint density at radius 2 is 1.83 bits per heavy atom. The molecule has 3 rings (SSSR count). The van der Waals surface area contributed by atoms with E-state index in [9.17, 15) is 4.79 Å². The van der Waals surface area contributed by atoms with Crippen molar-refractivity contribution < 1.29 is 4.79 Å². The van der Waals surface area contributed by atoms with Crippen LogP contribution in [0.1, 0.15) is 12.5 Å². The Hall–Kier alpha value is -2.67. The predicted octanol–water partition coefficient (Wildman–Crippen LogP) is 3.09. The average Bonchev–Trinajstić information content (AvgIpc) is 3.05. The fraction of sp³-hybridized carbons (Fsp3) is 0.176. The van der Waals surface area contributed by atoms with Crippen molar-refractivity contribution >= 4 is 23.4 Å². The summed E-state index contributed by atoms with van der Waals surface area (Å²) in [5.41, 5.74) is 2.79. The van der Waals surface area contributed by atoms with Crippen LogP contribution in [0.15, 0.2) is 59.8 Å². The maximum Gasteiger partial charge on any atom is 0.237 e. The van der Waals surface area contributed by atoms with E-state index in [2.05, 4.69) is 20.8 Å². The highest BCUT2D eigenvalue weighted by Gasteiger charge is 2.19. The Morgan fingerprint density at radius 3 is 2.54 bits per heavy atom. The van der Waals surface area contributed by atoms with Gasteiger partial charge in [0, 0.05) is 5.69 Å². The molecule has 0 aliphatic carbocycles. The first kappa shape index (κ1) is 16.2. The lowest BCUT2D eigenvalue weighted by Crippen LogP contribution is -2.22. The molecule has 0 aliphatic heterocycles. The summed E-state index contributed by atoms with van der Waals surface area (Å²) in [5, 5.41) is 14.9. The molecule has 0 saturated carbocycles. The molecule has 1 N–H and O–H groups in total.